The van der Waals surface area contributed by atoms with Gasteiger partial charge in [0.05, 0.1) is 11.4 Å². The molecule has 0 fully saturated rings. The van der Waals surface area contributed by atoms with Crippen molar-refractivity contribution in [3.8, 4) is 11.1 Å². The average molecular weight is 491 g/mol. The summed E-state index contributed by atoms with van der Waals surface area (Å²) in [4.78, 5) is 0. The highest BCUT2D eigenvalue weighted by Gasteiger charge is 2.22. The fourth-order valence-electron chi connectivity index (χ4n) is 5.36. The summed E-state index contributed by atoms with van der Waals surface area (Å²) in [6.45, 7) is 4.58. The predicted molar refractivity (Wildman–Crippen MR) is 161 cm³/mol. The predicted octanol–water partition coefficient (Wildman–Crippen LogP) is 8.58. The Bertz CT molecular complexity index is 1290. The van der Waals surface area contributed by atoms with Crippen LogP contribution in [0.25, 0.3) is 11.1 Å². The molecule has 0 bridgehead atoms. The van der Waals surface area contributed by atoms with Crippen LogP contribution < -0.4 is 11.5 Å². The Labute approximate surface area is 223 Å². The lowest BCUT2D eigenvalue weighted by Crippen LogP contribution is -2.01. The summed E-state index contributed by atoms with van der Waals surface area (Å²) in [5, 5.41) is 0. The molecule has 0 unspecified atom stereocenters. The monoisotopic (exact) mass is 490 g/mol. The number of hydrogen-bond acceptors (Lipinski definition) is 2. The zero-order chi connectivity index (χ0) is 26.0. The molecule has 0 amide bonds. The van der Waals surface area contributed by atoms with Gasteiger partial charge in [-0.25, -0.2) is 0 Å². The van der Waals surface area contributed by atoms with Crippen LogP contribution in [0.5, 0.6) is 0 Å². The van der Waals surface area contributed by atoms with Gasteiger partial charge in [-0.15, -0.1) is 0 Å². The Hall–Kier alpha value is -3.52. The first-order valence-electron chi connectivity index (χ1n) is 14.0. The van der Waals surface area contributed by atoms with Gasteiger partial charge in [-0.1, -0.05) is 106 Å². The highest BCUT2D eigenvalue weighted by Crippen LogP contribution is 2.40. The lowest BCUT2D eigenvalue weighted by atomic mass is 9.90. The van der Waals surface area contributed by atoms with Gasteiger partial charge in [-0.2, -0.15) is 0 Å². The van der Waals surface area contributed by atoms with Gasteiger partial charge in [-0.05, 0) is 95.5 Å². The van der Waals surface area contributed by atoms with Crippen LogP contribution in [0.4, 0.5) is 11.4 Å². The lowest BCUT2D eigenvalue weighted by Gasteiger charge is -2.15. The van der Waals surface area contributed by atoms with E-state index in [0.717, 1.165) is 30.5 Å². The Morgan fingerprint density at radius 2 is 1.32 bits per heavy atom. The van der Waals surface area contributed by atoms with Gasteiger partial charge in [0.1, 0.15) is 0 Å². The highest BCUT2D eigenvalue weighted by atomic mass is 14.7. The molecule has 4 N–H and O–H groups in total. The smallest absolute Gasteiger partial charge is 0.0580 e. The molecule has 0 radical (unpaired) electrons. The Kier molecular flexibility index (Phi) is 9.43. The third-order valence-corrected chi connectivity index (χ3v) is 7.54. The molecule has 4 aromatic rings. The van der Waals surface area contributed by atoms with Crippen LogP contribution in [0.3, 0.4) is 0 Å². The number of nitrogen functional groups attached to an aromatic ring is 2. The number of benzene rings is 4. The average Bonchev–Trinajstić information content (AvgIpc) is 3.31. The van der Waals surface area contributed by atoms with Crippen molar-refractivity contribution in [3.63, 3.8) is 0 Å². The summed E-state index contributed by atoms with van der Waals surface area (Å²) in [6.07, 6.45) is 10.8. The van der Waals surface area contributed by atoms with E-state index in [2.05, 4.69) is 74.5 Å². The molecule has 2 nitrogen and oxygen atoms in total. The molecule has 37 heavy (non-hydrogen) atoms. The third kappa shape index (κ3) is 6.63. The normalized spacial score (nSPS) is 11.4. The fourth-order valence-corrected chi connectivity index (χ4v) is 5.36. The molecule has 0 atom stereocenters. The van der Waals surface area contributed by atoms with E-state index in [1.165, 1.54) is 60.8 Å². The summed E-state index contributed by atoms with van der Waals surface area (Å²) >= 11 is 0. The van der Waals surface area contributed by atoms with Gasteiger partial charge in [-0.3, -0.25) is 0 Å². The van der Waals surface area contributed by atoms with Crippen molar-refractivity contribution in [2.45, 2.75) is 71.6 Å². The van der Waals surface area contributed by atoms with Crippen LogP contribution in [0.1, 0.15) is 72.9 Å². The van der Waals surface area contributed by atoms with Crippen molar-refractivity contribution in [2.24, 2.45) is 0 Å². The molecular formula is C35H42N2. The number of fused-ring (bicyclic) bond motifs is 3. The summed E-state index contributed by atoms with van der Waals surface area (Å²) in [7, 11) is 0. The van der Waals surface area contributed by atoms with Crippen molar-refractivity contribution in [1.29, 1.82) is 0 Å². The van der Waals surface area contributed by atoms with Gasteiger partial charge in [0.2, 0.25) is 0 Å². The van der Waals surface area contributed by atoms with Crippen LogP contribution in [0.15, 0.2) is 84.9 Å². The number of rotatable bonds is 9. The summed E-state index contributed by atoms with van der Waals surface area (Å²) in [6, 6.07) is 29.9. The summed E-state index contributed by atoms with van der Waals surface area (Å²) < 4.78 is 0. The first kappa shape index (κ1) is 26.5. The van der Waals surface area contributed by atoms with E-state index in [1.807, 2.05) is 24.3 Å². The van der Waals surface area contributed by atoms with Crippen molar-refractivity contribution in [2.75, 3.05) is 11.5 Å². The maximum absolute atomic E-state index is 5.92. The Balaban J connectivity index is 0.000000180. The Morgan fingerprint density at radius 1 is 0.595 bits per heavy atom. The molecule has 1 aliphatic carbocycles. The van der Waals surface area contributed by atoms with Crippen LogP contribution in [-0.4, -0.2) is 0 Å². The first-order valence-corrected chi connectivity index (χ1v) is 14.0. The third-order valence-electron chi connectivity index (χ3n) is 7.54. The summed E-state index contributed by atoms with van der Waals surface area (Å²) in [5.41, 5.74) is 24.9. The number of para-hydroxylation sites is 1. The van der Waals surface area contributed by atoms with Crippen molar-refractivity contribution < 1.29 is 0 Å². The van der Waals surface area contributed by atoms with E-state index in [-0.39, 0.29) is 0 Å². The van der Waals surface area contributed by atoms with Gasteiger partial charge in [0.25, 0.3) is 0 Å². The highest BCUT2D eigenvalue weighted by molar-refractivity contribution is 5.78. The fraction of sp³-hybridized carbons (Fsp3) is 0.314. The SMILES string of the molecule is CCCCc1ccc2c(c1CCCC)Cc1ccccc1-2.Nc1cccc(CCc2ccccc2)c1N. The number of aryl methyl sites for hydroxylation is 3. The van der Waals surface area contributed by atoms with E-state index in [1.54, 1.807) is 16.7 Å². The van der Waals surface area contributed by atoms with Gasteiger partial charge in [0.15, 0.2) is 0 Å². The second kappa shape index (κ2) is 13.1. The van der Waals surface area contributed by atoms with Crippen LogP contribution in [0.2, 0.25) is 0 Å². The molecule has 2 heteroatoms. The van der Waals surface area contributed by atoms with Gasteiger partial charge >= 0.3 is 0 Å². The number of hydrogen-bond donors (Lipinski definition) is 2. The quantitative estimate of drug-likeness (QED) is 0.203. The molecule has 0 aromatic heterocycles. The second-order valence-electron chi connectivity index (χ2n) is 10.2. The van der Waals surface area contributed by atoms with Crippen molar-refractivity contribution in [3.05, 3.63) is 118 Å². The molecule has 0 spiro atoms. The number of nitrogens with two attached hydrogens (primary N) is 2. The summed E-state index contributed by atoms with van der Waals surface area (Å²) in [5.74, 6) is 0. The van der Waals surface area contributed by atoms with E-state index in [0.29, 0.717) is 5.69 Å². The Morgan fingerprint density at radius 3 is 2.11 bits per heavy atom. The lowest BCUT2D eigenvalue weighted by molar-refractivity contribution is 0.753. The molecule has 5 rings (SSSR count). The van der Waals surface area contributed by atoms with E-state index < -0.39 is 0 Å². The van der Waals surface area contributed by atoms with Crippen molar-refractivity contribution >= 4 is 11.4 Å². The van der Waals surface area contributed by atoms with Crippen LogP contribution >= 0.6 is 0 Å². The topological polar surface area (TPSA) is 52.0 Å². The van der Waals surface area contributed by atoms with Crippen molar-refractivity contribution in [1.82, 2.24) is 0 Å². The molecule has 4 aromatic carbocycles. The minimum absolute atomic E-state index is 0.672. The largest absolute Gasteiger partial charge is 0.397 e. The zero-order valence-corrected chi connectivity index (χ0v) is 22.6. The molecule has 0 saturated carbocycles. The zero-order valence-electron chi connectivity index (χ0n) is 22.6. The number of anilines is 2. The minimum Gasteiger partial charge on any atom is -0.397 e. The minimum atomic E-state index is 0.672. The van der Waals surface area contributed by atoms with E-state index in [9.17, 15) is 0 Å². The second-order valence-corrected chi connectivity index (χ2v) is 10.2. The van der Waals surface area contributed by atoms with E-state index in [4.69, 9.17) is 11.5 Å². The maximum Gasteiger partial charge on any atom is 0.0580 e. The molecule has 0 heterocycles. The first-order chi connectivity index (χ1) is 18.1. The van der Waals surface area contributed by atoms with Crippen LogP contribution in [-0.2, 0) is 32.1 Å². The molecule has 192 valence electrons. The standard InChI is InChI=1S/C21H26.C14H16N2/c1-3-5-9-16-13-14-20-19-12-8-7-10-17(19)15-21(20)18(16)11-6-4-2;15-13-8-4-7-12(14(13)16)10-9-11-5-2-1-3-6-11/h7-8,10,12-14H,3-6,9,11,15H2,1-2H3;1-8H,9-10,15-16H2. The number of unbranched alkanes of at least 4 members (excludes halogenated alkanes) is 2. The van der Waals surface area contributed by atoms with Gasteiger partial charge in [0, 0.05) is 0 Å². The molecular weight excluding hydrogens is 448 g/mol. The van der Waals surface area contributed by atoms with E-state index >= 15 is 0 Å². The molecule has 0 aliphatic heterocycles. The molecule has 0 saturated heterocycles. The maximum atomic E-state index is 5.92. The van der Waals surface area contributed by atoms with Crippen LogP contribution in [0, 0.1) is 0 Å². The van der Waals surface area contributed by atoms with Gasteiger partial charge < -0.3 is 11.5 Å². The molecule has 1 aliphatic rings.